The number of nitrogens with two attached hydrogens (primary N) is 1. The van der Waals surface area contributed by atoms with Crippen molar-refractivity contribution in [2.24, 2.45) is 5.73 Å². The van der Waals surface area contributed by atoms with E-state index in [-0.39, 0.29) is 24.8 Å². The second-order valence-corrected chi connectivity index (χ2v) is 6.31. The maximum atomic E-state index is 12.2. The summed E-state index contributed by atoms with van der Waals surface area (Å²) in [5.74, 6) is 0.853. The summed E-state index contributed by atoms with van der Waals surface area (Å²) >= 11 is 1.35. The summed E-state index contributed by atoms with van der Waals surface area (Å²) in [5.41, 5.74) is 6.55. The van der Waals surface area contributed by atoms with E-state index in [9.17, 15) is 9.59 Å². The summed E-state index contributed by atoms with van der Waals surface area (Å²) in [6, 6.07) is 6.99. The lowest BCUT2D eigenvalue weighted by Crippen LogP contribution is -2.22. The molecule has 0 saturated heterocycles. The van der Waals surface area contributed by atoms with Crippen molar-refractivity contribution >= 4 is 23.2 Å². The van der Waals surface area contributed by atoms with Crippen LogP contribution in [0.5, 0.6) is 11.5 Å². The van der Waals surface area contributed by atoms with Crippen molar-refractivity contribution in [2.75, 3.05) is 6.79 Å². The minimum absolute atomic E-state index is 0.128. The highest BCUT2D eigenvalue weighted by molar-refractivity contribution is 7.13. The van der Waals surface area contributed by atoms with E-state index in [1.165, 1.54) is 23.7 Å². The molecule has 0 unspecified atom stereocenters. The molecule has 132 valence electrons. The predicted molar refractivity (Wildman–Crippen MR) is 92.1 cm³/mol. The number of primary amides is 1. The maximum Gasteiger partial charge on any atom is 0.271 e. The summed E-state index contributed by atoms with van der Waals surface area (Å²) < 4.78 is 15.8. The molecule has 2 aromatic heterocycles. The molecule has 0 spiro atoms. The number of thiazole rings is 1. The molecule has 1 aliphatic rings. The van der Waals surface area contributed by atoms with Crippen molar-refractivity contribution in [3.63, 3.8) is 0 Å². The van der Waals surface area contributed by atoms with E-state index in [0.717, 1.165) is 5.56 Å². The molecule has 0 atom stereocenters. The second-order valence-electron chi connectivity index (χ2n) is 5.45. The van der Waals surface area contributed by atoms with Crippen LogP contribution in [0.15, 0.2) is 40.3 Å². The molecule has 1 aliphatic heterocycles. The van der Waals surface area contributed by atoms with Crippen molar-refractivity contribution in [1.29, 1.82) is 0 Å². The van der Waals surface area contributed by atoms with E-state index >= 15 is 0 Å². The van der Waals surface area contributed by atoms with Gasteiger partial charge in [-0.25, -0.2) is 4.98 Å². The number of nitrogens with one attached hydrogen (secondary N) is 1. The predicted octanol–water partition coefficient (Wildman–Crippen LogP) is 2.16. The Morgan fingerprint density at radius 3 is 2.88 bits per heavy atom. The molecule has 0 bridgehead atoms. The van der Waals surface area contributed by atoms with Gasteiger partial charge in [-0.3, -0.25) is 9.59 Å². The van der Waals surface area contributed by atoms with E-state index in [4.69, 9.17) is 19.6 Å². The minimum Gasteiger partial charge on any atom is -0.467 e. The Bertz CT molecular complexity index is 994. The Morgan fingerprint density at radius 1 is 1.23 bits per heavy atom. The molecule has 9 heteroatoms. The smallest absolute Gasteiger partial charge is 0.271 e. The Labute approximate surface area is 151 Å². The number of amides is 2. The SMILES string of the molecule is NC(=O)c1coc(CNC(=O)c2csc(-c3ccc4c(c3)OCO4)n2)c1. The molecular weight excluding hydrogens is 358 g/mol. The average molecular weight is 371 g/mol. The van der Waals surface area contributed by atoms with Crippen molar-refractivity contribution in [3.05, 3.63) is 52.9 Å². The zero-order valence-corrected chi connectivity index (χ0v) is 14.2. The first kappa shape index (κ1) is 16.2. The van der Waals surface area contributed by atoms with Gasteiger partial charge in [0.25, 0.3) is 11.8 Å². The van der Waals surface area contributed by atoms with E-state index in [2.05, 4.69) is 10.3 Å². The lowest BCUT2D eigenvalue weighted by molar-refractivity contribution is 0.0942. The van der Waals surface area contributed by atoms with Gasteiger partial charge in [0.2, 0.25) is 6.79 Å². The fraction of sp³-hybridized carbons (Fsp3) is 0.118. The van der Waals surface area contributed by atoms with Crippen LogP contribution in [-0.4, -0.2) is 23.6 Å². The first-order valence-electron chi connectivity index (χ1n) is 7.61. The lowest BCUT2D eigenvalue weighted by atomic mass is 10.2. The number of benzene rings is 1. The third kappa shape index (κ3) is 3.11. The molecule has 3 N–H and O–H groups in total. The van der Waals surface area contributed by atoms with Gasteiger partial charge in [-0.05, 0) is 24.3 Å². The number of hydrogen-bond donors (Lipinski definition) is 2. The van der Waals surface area contributed by atoms with Crippen LogP contribution >= 0.6 is 11.3 Å². The van der Waals surface area contributed by atoms with E-state index in [1.807, 2.05) is 18.2 Å². The summed E-state index contributed by atoms with van der Waals surface area (Å²) in [6.45, 7) is 0.331. The van der Waals surface area contributed by atoms with E-state index in [0.29, 0.717) is 28.0 Å². The fourth-order valence-corrected chi connectivity index (χ4v) is 3.20. The van der Waals surface area contributed by atoms with Crippen LogP contribution < -0.4 is 20.5 Å². The second kappa shape index (κ2) is 6.52. The van der Waals surface area contributed by atoms with Gasteiger partial charge >= 0.3 is 0 Å². The van der Waals surface area contributed by atoms with Crippen molar-refractivity contribution in [1.82, 2.24) is 10.3 Å². The molecule has 0 saturated carbocycles. The Morgan fingerprint density at radius 2 is 2.08 bits per heavy atom. The fourth-order valence-electron chi connectivity index (χ4n) is 2.40. The monoisotopic (exact) mass is 371 g/mol. The number of rotatable bonds is 5. The molecule has 3 aromatic rings. The van der Waals surface area contributed by atoms with E-state index < -0.39 is 5.91 Å². The third-order valence-electron chi connectivity index (χ3n) is 3.72. The molecule has 2 amide bonds. The largest absolute Gasteiger partial charge is 0.467 e. The van der Waals surface area contributed by atoms with Gasteiger partial charge < -0.3 is 24.9 Å². The van der Waals surface area contributed by atoms with Crippen LogP contribution in [0.2, 0.25) is 0 Å². The zero-order valence-electron chi connectivity index (χ0n) is 13.4. The zero-order chi connectivity index (χ0) is 18.1. The number of furan rings is 1. The van der Waals surface area contributed by atoms with Gasteiger partial charge in [0.05, 0.1) is 12.1 Å². The Hall–Kier alpha value is -3.33. The van der Waals surface area contributed by atoms with Crippen LogP contribution in [0.3, 0.4) is 0 Å². The quantitative estimate of drug-likeness (QED) is 0.710. The van der Waals surface area contributed by atoms with Gasteiger partial charge in [0.1, 0.15) is 22.7 Å². The first-order valence-corrected chi connectivity index (χ1v) is 8.49. The topological polar surface area (TPSA) is 117 Å². The summed E-state index contributed by atoms with van der Waals surface area (Å²) in [4.78, 5) is 27.6. The summed E-state index contributed by atoms with van der Waals surface area (Å²) in [7, 11) is 0. The standard InChI is InChI=1S/C17H13N3O5S/c18-15(21)10-3-11(23-6-10)5-19-16(22)12-7-26-17(20-12)9-1-2-13-14(4-9)25-8-24-13/h1-4,6-7H,5,8H2,(H2,18,21)(H,19,22). The van der Waals surface area contributed by atoms with E-state index in [1.54, 1.807) is 5.38 Å². The molecule has 0 aliphatic carbocycles. The van der Waals surface area contributed by atoms with Crippen LogP contribution in [-0.2, 0) is 6.54 Å². The maximum absolute atomic E-state index is 12.2. The summed E-state index contributed by atoms with van der Waals surface area (Å²) in [5, 5.41) is 5.06. The number of carbonyl (C=O) groups excluding carboxylic acids is 2. The highest BCUT2D eigenvalue weighted by Gasteiger charge is 2.17. The lowest BCUT2D eigenvalue weighted by Gasteiger charge is -2.00. The molecule has 0 radical (unpaired) electrons. The van der Waals surface area contributed by atoms with Crippen molar-refractivity contribution in [3.8, 4) is 22.1 Å². The first-order chi connectivity index (χ1) is 12.6. The number of nitrogens with zero attached hydrogens (tertiary/aromatic N) is 1. The molecule has 1 aromatic carbocycles. The molecule has 0 fully saturated rings. The average Bonchev–Trinajstić information content (AvgIpc) is 3.38. The normalized spacial score (nSPS) is 12.2. The van der Waals surface area contributed by atoms with Crippen LogP contribution in [0, 0.1) is 0 Å². The number of aromatic nitrogens is 1. The van der Waals surface area contributed by atoms with Crippen molar-refractivity contribution in [2.45, 2.75) is 6.54 Å². The Balaban J connectivity index is 1.43. The van der Waals surface area contributed by atoms with Gasteiger partial charge in [0.15, 0.2) is 11.5 Å². The highest BCUT2D eigenvalue weighted by Crippen LogP contribution is 2.36. The Kier molecular flexibility index (Phi) is 4.05. The molecule has 8 nitrogen and oxygen atoms in total. The number of fused-ring (bicyclic) bond motifs is 1. The van der Waals surface area contributed by atoms with Gasteiger partial charge in [-0.15, -0.1) is 11.3 Å². The van der Waals surface area contributed by atoms with Gasteiger partial charge in [0, 0.05) is 10.9 Å². The van der Waals surface area contributed by atoms with Gasteiger partial charge in [-0.2, -0.15) is 0 Å². The number of ether oxygens (including phenoxy) is 2. The molecule has 4 rings (SSSR count). The van der Waals surface area contributed by atoms with Crippen molar-refractivity contribution < 1.29 is 23.5 Å². The number of carbonyl (C=O) groups is 2. The number of hydrogen-bond acceptors (Lipinski definition) is 7. The third-order valence-corrected chi connectivity index (χ3v) is 4.61. The molecule has 3 heterocycles. The molecule has 26 heavy (non-hydrogen) atoms. The van der Waals surface area contributed by atoms with Gasteiger partial charge in [-0.1, -0.05) is 0 Å². The van der Waals surface area contributed by atoms with Crippen LogP contribution in [0.4, 0.5) is 0 Å². The summed E-state index contributed by atoms with van der Waals surface area (Å²) in [6.07, 6.45) is 1.25. The molecular formula is C17H13N3O5S. The minimum atomic E-state index is -0.584. The van der Waals surface area contributed by atoms with Crippen LogP contribution in [0.1, 0.15) is 26.6 Å². The highest BCUT2D eigenvalue weighted by atomic mass is 32.1. The van der Waals surface area contributed by atoms with Crippen LogP contribution in [0.25, 0.3) is 10.6 Å².